The molecule has 1 aliphatic heterocycles. The Kier molecular flexibility index (Phi) is 7.24. The maximum atomic E-state index is 12.6. The molecule has 0 spiro atoms. The fourth-order valence-electron chi connectivity index (χ4n) is 3.45. The minimum atomic E-state index is -3.16. The third kappa shape index (κ3) is 5.30. The van der Waals surface area contributed by atoms with Gasteiger partial charge >= 0.3 is 0 Å². The number of carbonyl (C=O) groups is 1. The number of hydrogen-bond donors (Lipinski definition) is 1. The molecule has 1 heterocycles. The van der Waals surface area contributed by atoms with Crippen LogP contribution in [0.25, 0.3) is 0 Å². The van der Waals surface area contributed by atoms with Gasteiger partial charge in [-0.05, 0) is 42.7 Å². The summed E-state index contributed by atoms with van der Waals surface area (Å²) < 4.78 is 24.6. The van der Waals surface area contributed by atoms with Crippen molar-refractivity contribution in [3.05, 3.63) is 35.4 Å². The van der Waals surface area contributed by atoms with Gasteiger partial charge in [0.05, 0.1) is 12.3 Å². The molecule has 0 bridgehead atoms. The highest BCUT2D eigenvalue weighted by Gasteiger charge is 2.29. The van der Waals surface area contributed by atoms with E-state index in [0.29, 0.717) is 31.8 Å². The van der Waals surface area contributed by atoms with Crippen LogP contribution in [0.3, 0.4) is 0 Å². The van der Waals surface area contributed by atoms with Crippen LogP contribution in [-0.4, -0.2) is 38.0 Å². The number of amides is 1. The summed E-state index contributed by atoms with van der Waals surface area (Å²) >= 11 is 0. The Balaban J connectivity index is 1.96. The van der Waals surface area contributed by atoms with E-state index in [2.05, 4.69) is 50.4 Å². The van der Waals surface area contributed by atoms with E-state index in [9.17, 15) is 13.2 Å². The zero-order valence-corrected chi connectivity index (χ0v) is 17.2. The summed E-state index contributed by atoms with van der Waals surface area (Å²) in [4.78, 5) is 12.6. The van der Waals surface area contributed by atoms with E-state index in [1.807, 2.05) is 0 Å². The highest BCUT2D eigenvalue weighted by molar-refractivity contribution is 7.88. The Bertz CT molecular complexity index is 692. The highest BCUT2D eigenvalue weighted by Crippen LogP contribution is 2.25. The van der Waals surface area contributed by atoms with Gasteiger partial charge in [-0.25, -0.2) is 12.7 Å². The number of sulfonamides is 1. The number of piperidine rings is 1. The van der Waals surface area contributed by atoms with Crippen LogP contribution in [-0.2, 0) is 14.8 Å². The van der Waals surface area contributed by atoms with Crippen LogP contribution < -0.4 is 5.32 Å². The van der Waals surface area contributed by atoms with E-state index in [0.717, 1.165) is 18.4 Å². The average molecular weight is 381 g/mol. The van der Waals surface area contributed by atoms with E-state index in [4.69, 9.17) is 0 Å². The number of hydrogen-bond acceptors (Lipinski definition) is 3. The van der Waals surface area contributed by atoms with Crippen LogP contribution in [0.2, 0.25) is 0 Å². The maximum Gasteiger partial charge on any atom is 0.223 e. The summed E-state index contributed by atoms with van der Waals surface area (Å²) in [5, 5.41) is 3.16. The van der Waals surface area contributed by atoms with E-state index in [-0.39, 0.29) is 17.9 Å². The minimum absolute atomic E-state index is 0.00131. The Morgan fingerprint density at radius 1 is 1.12 bits per heavy atom. The summed E-state index contributed by atoms with van der Waals surface area (Å²) in [5.74, 6) is 0.469. The Morgan fingerprint density at radius 2 is 1.65 bits per heavy atom. The van der Waals surface area contributed by atoms with Gasteiger partial charge in [0.1, 0.15) is 0 Å². The zero-order valence-electron chi connectivity index (χ0n) is 16.4. The summed E-state index contributed by atoms with van der Waals surface area (Å²) in [5.41, 5.74) is 2.45. The van der Waals surface area contributed by atoms with E-state index < -0.39 is 10.0 Å². The van der Waals surface area contributed by atoms with Gasteiger partial charge in [-0.3, -0.25) is 4.79 Å². The average Bonchev–Trinajstić information content (AvgIpc) is 2.64. The van der Waals surface area contributed by atoms with Crippen molar-refractivity contribution in [1.82, 2.24) is 9.62 Å². The normalized spacial score (nSPS) is 19.1. The lowest BCUT2D eigenvalue weighted by Gasteiger charge is -2.30. The summed E-state index contributed by atoms with van der Waals surface area (Å²) in [7, 11) is -3.16. The van der Waals surface area contributed by atoms with E-state index >= 15 is 0 Å². The number of carbonyl (C=O) groups excluding carboxylic acids is 1. The Labute approximate surface area is 158 Å². The predicted octanol–water partition coefficient (Wildman–Crippen LogP) is 3.44. The third-order valence-electron chi connectivity index (χ3n) is 5.54. The monoisotopic (exact) mass is 380 g/mol. The molecule has 0 aliphatic carbocycles. The molecule has 1 aliphatic rings. The third-order valence-corrected chi connectivity index (χ3v) is 6.84. The topological polar surface area (TPSA) is 66.5 Å². The first-order chi connectivity index (χ1) is 12.3. The first kappa shape index (κ1) is 20.9. The van der Waals surface area contributed by atoms with Crippen LogP contribution in [0.4, 0.5) is 0 Å². The van der Waals surface area contributed by atoms with Crippen molar-refractivity contribution >= 4 is 15.9 Å². The number of rotatable bonds is 7. The summed E-state index contributed by atoms with van der Waals surface area (Å²) in [6.45, 7) is 7.33. The molecule has 146 valence electrons. The van der Waals surface area contributed by atoms with Gasteiger partial charge in [0, 0.05) is 19.0 Å². The molecular weight excluding hydrogens is 348 g/mol. The number of nitrogens with zero attached hydrogens (tertiary/aromatic N) is 1. The van der Waals surface area contributed by atoms with Crippen molar-refractivity contribution in [3.8, 4) is 0 Å². The molecule has 0 radical (unpaired) electrons. The fraction of sp³-hybridized carbons (Fsp3) is 0.650. The zero-order chi connectivity index (χ0) is 19.3. The second-order valence-electron chi connectivity index (χ2n) is 7.38. The largest absolute Gasteiger partial charge is 0.349 e. The SMILES string of the molecule is CCC(C)c1ccc(C(CC)NC(=O)C2CCN(S(C)(=O)=O)CC2)cc1. The molecular formula is C20H32N2O3S. The van der Waals surface area contributed by atoms with Gasteiger partial charge in [0.25, 0.3) is 0 Å². The molecule has 2 atom stereocenters. The van der Waals surface area contributed by atoms with E-state index in [1.54, 1.807) is 0 Å². The molecule has 0 saturated carbocycles. The fourth-order valence-corrected chi connectivity index (χ4v) is 4.33. The lowest BCUT2D eigenvalue weighted by Crippen LogP contribution is -2.43. The molecule has 6 heteroatoms. The molecule has 0 aromatic heterocycles. The molecule has 2 unspecified atom stereocenters. The van der Waals surface area contributed by atoms with Crippen molar-refractivity contribution in [2.24, 2.45) is 5.92 Å². The molecule has 1 amide bonds. The van der Waals surface area contributed by atoms with Gasteiger partial charge < -0.3 is 5.32 Å². The van der Waals surface area contributed by atoms with Crippen LogP contribution in [0.15, 0.2) is 24.3 Å². The molecule has 1 aromatic rings. The number of nitrogens with one attached hydrogen (secondary N) is 1. The van der Waals surface area contributed by atoms with Crippen LogP contribution in [0.5, 0.6) is 0 Å². The first-order valence-electron chi connectivity index (χ1n) is 9.61. The second kappa shape index (κ2) is 9.00. The number of benzene rings is 1. The van der Waals surface area contributed by atoms with Gasteiger partial charge in [0.2, 0.25) is 15.9 Å². The van der Waals surface area contributed by atoms with Crippen LogP contribution >= 0.6 is 0 Å². The van der Waals surface area contributed by atoms with Crippen molar-refractivity contribution in [2.45, 2.75) is 58.4 Å². The van der Waals surface area contributed by atoms with Gasteiger partial charge in [-0.2, -0.15) is 0 Å². The van der Waals surface area contributed by atoms with Crippen molar-refractivity contribution < 1.29 is 13.2 Å². The quantitative estimate of drug-likeness (QED) is 0.788. The lowest BCUT2D eigenvalue weighted by molar-refractivity contribution is -0.126. The first-order valence-corrected chi connectivity index (χ1v) is 11.5. The second-order valence-corrected chi connectivity index (χ2v) is 9.36. The lowest BCUT2D eigenvalue weighted by atomic mass is 9.94. The summed E-state index contributed by atoms with van der Waals surface area (Å²) in [6, 6.07) is 8.54. The van der Waals surface area contributed by atoms with Crippen LogP contribution in [0.1, 0.15) is 69.5 Å². The Morgan fingerprint density at radius 3 is 2.12 bits per heavy atom. The van der Waals surface area contributed by atoms with Gasteiger partial charge in [-0.15, -0.1) is 0 Å². The van der Waals surface area contributed by atoms with Gasteiger partial charge in [0.15, 0.2) is 0 Å². The van der Waals surface area contributed by atoms with Crippen molar-refractivity contribution in [1.29, 1.82) is 0 Å². The van der Waals surface area contributed by atoms with E-state index in [1.165, 1.54) is 16.1 Å². The van der Waals surface area contributed by atoms with Crippen molar-refractivity contribution in [3.63, 3.8) is 0 Å². The predicted molar refractivity (Wildman–Crippen MR) is 105 cm³/mol. The van der Waals surface area contributed by atoms with Gasteiger partial charge in [-0.1, -0.05) is 45.0 Å². The van der Waals surface area contributed by atoms with Crippen LogP contribution in [0, 0.1) is 5.92 Å². The molecule has 2 rings (SSSR count). The standard InChI is InChI=1S/C20H32N2O3S/c1-5-15(3)16-7-9-17(10-8-16)19(6-2)21-20(23)18-11-13-22(14-12-18)26(4,24)25/h7-10,15,18-19H,5-6,11-14H2,1-4H3,(H,21,23). The smallest absolute Gasteiger partial charge is 0.223 e. The molecule has 5 nitrogen and oxygen atoms in total. The summed E-state index contributed by atoms with van der Waals surface area (Å²) in [6.07, 6.45) is 4.34. The molecule has 1 saturated heterocycles. The molecule has 26 heavy (non-hydrogen) atoms. The molecule has 1 fully saturated rings. The molecule has 1 aromatic carbocycles. The Hall–Kier alpha value is -1.40. The van der Waals surface area contributed by atoms with Crippen molar-refractivity contribution in [2.75, 3.05) is 19.3 Å². The highest BCUT2D eigenvalue weighted by atomic mass is 32.2. The maximum absolute atomic E-state index is 12.6. The minimum Gasteiger partial charge on any atom is -0.349 e. The molecule has 1 N–H and O–H groups in total.